The molecule has 0 aliphatic carbocycles. The largest absolute Gasteiger partial charge is 0.344 e. The van der Waals surface area contributed by atoms with Crippen molar-refractivity contribution in [3.8, 4) is 0 Å². The van der Waals surface area contributed by atoms with Crippen molar-refractivity contribution in [2.45, 2.75) is 0 Å². The summed E-state index contributed by atoms with van der Waals surface area (Å²) in [7, 11) is 4.54. The van der Waals surface area contributed by atoms with Crippen molar-refractivity contribution < 1.29 is 4.48 Å². The van der Waals surface area contributed by atoms with Gasteiger partial charge in [-0.05, 0) is 12.1 Å². The van der Waals surface area contributed by atoms with E-state index in [1.54, 1.807) is 6.20 Å². The highest BCUT2D eigenvalue weighted by molar-refractivity contribution is 5.36. The molecule has 0 amide bonds. The van der Waals surface area contributed by atoms with Crippen LogP contribution < -0.4 is 4.90 Å². The molecule has 1 aliphatic heterocycles. The first-order chi connectivity index (χ1) is 6.67. The molecule has 0 radical (unpaired) electrons. The molecule has 0 bridgehead atoms. The van der Waals surface area contributed by atoms with Gasteiger partial charge in [0, 0.05) is 6.20 Å². The van der Waals surface area contributed by atoms with E-state index in [9.17, 15) is 0 Å². The number of nitrogens with zero attached hydrogens (tertiary/aromatic N) is 4. The van der Waals surface area contributed by atoms with E-state index in [2.05, 4.69) is 29.2 Å². The van der Waals surface area contributed by atoms with E-state index >= 15 is 0 Å². The van der Waals surface area contributed by atoms with Crippen molar-refractivity contribution in [1.29, 1.82) is 0 Å². The number of quaternary nitrogens is 1. The van der Waals surface area contributed by atoms with Gasteiger partial charge in [-0.1, -0.05) is 0 Å². The van der Waals surface area contributed by atoms with E-state index in [1.165, 1.54) is 13.1 Å². The number of likely N-dealkylation sites (N-methyl/N-ethyl adjacent to an activating group) is 1. The Kier molecular flexibility index (Phi) is 2.37. The highest BCUT2D eigenvalue weighted by Gasteiger charge is 2.24. The Morgan fingerprint density at radius 2 is 2.00 bits per heavy atom. The summed E-state index contributed by atoms with van der Waals surface area (Å²) in [5, 5.41) is 8.02. The zero-order valence-corrected chi connectivity index (χ0v) is 8.85. The molecule has 0 atom stereocenters. The van der Waals surface area contributed by atoms with Gasteiger partial charge in [0.15, 0.2) is 5.82 Å². The Morgan fingerprint density at radius 1 is 1.29 bits per heavy atom. The summed E-state index contributed by atoms with van der Waals surface area (Å²) >= 11 is 0. The lowest BCUT2D eigenvalue weighted by molar-refractivity contribution is -0.890. The van der Waals surface area contributed by atoms with Gasteiger partial charge in [-0.3, -0.25) is 0 Å². The molecule has 4 heteroatoms. The molecule has 2 heterocycles. The molecule has 1 aliphatic rings. The Morgan fingerprint density at radius 3 is 2.57 bits per heavy atom. The lowest BCUT2D eigenvalue weighted by Crippen LogP contribution is -2.55. The molecule has 1 aromatic heterocycles. The molecule has 0 N–H and O–H groups in total. The minimum Gasteiger partial charge on any atom is -0.344 e. The molecule has 1 fully saturated rings. The summed E-state index contributed by atoms with van der Waals surface area (Å²) < 4.78 is 1.11. The van der Waals surface area contributed by atoms with Gasteiger partial charge >= 0.3 is 0 Å². The van der Waals surface area contributed by atoms with Crippen molar-refractivity contribution in [2.24, 2.45) is 0 Å². The Balaban J connectivity index is 2.03. The third-order valence-electron chi connectivity index (χ3n) is 2.83. The highest BCUT2D eigenvalue weighted by atomic mass is 15.4. The summed E-state index contributed by atoms with van der Waals surface area (Å²) in [6, 6.07) is 3.97. The van der Waals surface area contributed by atoms with Crippen LogP contribution in [0.4, 0.5) is 5.82 Å². The number of piperazine rings is 1. The minimum atomic E-state index is 1.01. The molecule has 2 rings (SSSR count). The lowest BCUT2D eigenvalue weighted by atomic mass is 10.3. The summed E-state index contributed by atoms with van der Waals surface area (Å²) in [5.41, 5.74) is 0. The van der Waals surface area contributed by atoms with E-state index in [0.717, 1.165) is 23.4 Å². The monoisotopic (exact) mass is 193 g/mol. The average molecular weight is 193 g/mol. The molecule has 1 saturated heterocycles. The van der Waals surface area contributed by atoms with E-state index in [1.807, 2.05) is 12.1 Å². The van der Waals surface area contributed by atoms with Crippen LogP contribution in [0.5, 0.6) is 0 Å². The van der Waals surface area contributed by atoms with Gasteiger partial charge in [-0.25, -0.2) is 0 Å². The van der Waals surface area contributed by atoms with Crippen LogP contribution in [0.2, 0.25) is 0 Å². The van der Waals surface area contributed by atoms with Crippen molar-refractivity contribution in [1.82, 2.24) is 10.2 Å². The molecule has 0 saturated carbocycles. The summed E-state index contributed by atoms with van der Waals surface area (Å²) in [4.78, 5) is 2.30. The number of hydrogen-bond donors (Lipinski definition) is 0. The standard InChI is InChI=1S/C10H17N4/c1-14(2)8-6-13(7-9-14)10-4-3-5-11-12-10/h3-5H,6-9H2,1-2H3/q+1. The normalized spacial score (nSPS) is 20.9. The molecule has 0 unspecified atom stereocenters. The van der Waals surface area contributed by atoms with Crippen LogP contribution in [0, 0.1) is 0 Å². The molecule has 1 aromatic rings. The maximum absolute atomic E-state index is 4.12. The van der Waals surface area contributed by atoms with Crippen LogP contribution >= 0.6 is 0 Å². The maximum atomic E-state index is 4.12. The van der Waals surface area contributed by atoms with Crippen molar-refractivity contribution in [3.05, 3.63) is 18.3 Å². The van der Waals surface area contributed by atoms with Gasteiger partial charge in [-0.2, -0.15) is 5.10 Å². The average Bonchev–Trinajstić information content (AvgIpc) is 2.19. The van der Waals surface area contributed by atoms with Gasteiger partial charge in [0.25, 0.3) is 0 Å². The zero-order valence-electron chi connectivity index (χ0n) is 8.85. The first-order valence-corrected chi connectivity index (χ1v) is 5.02. The van der Waals surface area contributed by atoms with E-state index < -0.39 is 0 Å². The number of anilines is 1. The van der Waals surface area contributed by atoms with Crippen LogP contribution in [-0.2, 0) is 0 Å². The SMILES string of the molecule is C[N+]1(C)CCN(c2cccnn2)CC1. The second kappa shape index (κ2) is 3.53. The quantitative estimate of drug-likeness (QED) is 0.604. The first-order valence-electron chi connectivity index (χ1n) is 5.02. The molecular weight excluding hydrogens is 176 g/mol. The van der Waals surface area contributed by atoms with Gasteiger partial charge in [0.1, 0.15) is 0 Å². The minimum absolute atomic E-state index is 1.01. The number of rotatable bonds is 1. The van der Waals surface area contributed by atoms with Gasteiger partial charge < -0.3 is 9.38 Å². The van der Waals surface area contributed by atoms with Crippen LogP contribution in [0.3, 0.4) is 0 Å². The van der Waals surface area contributed by atoms with Crippen LogP contribution in [0.1, 0.15) is 0 Å². The molecule has 0 aromatic carbocycles. The highest BCUT2D eigenvalue weighted by Crippen LogP contribution is 2.13. The topological polar surface area (TPSA) is 29.0 Å². The molecular formula is C10H17N4+. The molecule has 0 spiro atoms. The fourth-order valence-corrected chi connectivity index (χ4v) is 1.70. The fraction of sp³-hybridized carbons (Fsp3) is 0.600. The number of aromatic nitrogens is 2. The Hall–Kier alpha value is -1.16. The Labute approximate surface area is 84.8 Å². The van der Waals surface area contributed by atoms with Crippen LogP contribution in [-0.4, -0.2) is 55.0 Å². The fourth-order valence-electron chi connectivity index (χ4n) is 1.70. The van der Waals surface area contributed by atoms with Gasteiger partial charge in [0.05, 0.1) is 40.3 Å². The summed E-state index contributed by atoms with van der Waals surface area (Å²) in [6.45, 7) is 4.50. The zero-order chi connectivity index (χ0) is 10.0. The predicted octanol–water partition coefficient (Wildman–Crippen LogP) is 0.373. The first kappa shape index (κ1) is 9.40. The Bertz CT molecular complexity index is 286. The van der Waals surface area contributed by atoms with E-state index in [4.69, 9.17) is 0 Å². The predicted molar refractivity (Wildman–Crippen MR) is 56.1 cm³/mol. The summed E-state index contributed by atoms with van der Waals surface area (Å²) in [6.07, 6.45) is 1.72. The van der Waals surface area contributed by atoms with Crippen molar-refractivity contribution >= 4 is 5.82 Å². The van der Waals surface area contributed by atoms with Crippen LogP contribution in [0.25, 0.3) is 0 Å². The van der Waals surface area contributed by atoms with Gasteiger partial charge in [-0.15, -0.1) is 5.10 Å². The smallest absolute Gasteiger partial charge is 0.151 e. The van der Waals surface area contributed by atoms with Crippen LogP contribution in [0.15, 0.2) is 18.3 Å². The van der Waals surface area contributed by atoms with E-state index in [0.29, 0.717) is 0 Å². The summed E-state index contributed by atoms with van der Waals surface area (Å²) in [5.74, 6) is 1.01. The van der Waals surface area contributed by atoms with Gasteiger partial charge in [0.2, 0.25) is 0 Å². The molecule has 76 valence electrons. The third-order valence-corrected chi connectivity index (χ3v) is 2.83. The maximum Gasteiger partial charge on any atom is 0.151 e. The van der Waals surface area contributed by atoms with E-state index in [-0.39, 0.29) is 0 Å². The number of hydrogen-bond acceptors (Lipinski definition) is 3. The molecule has 4 nitrogen and oxygen atoms in total. The van der Waals surface area contributed by atoms with Crippen molar-refractivity contribution in [2.75, 3.05) is 45.2 Å². The lowest BCUT2D eigenvalue weighted by Gasteiger charge is -2.39. The second-order valence-corrected chi connectivity index (χ2v) is 4.45. The van der Waals surface area contributed by atoms with Crippen molar-refractivity contribution in [3.63, 3.8) is 0 Å². The third kappa shape index (κ3) is 2.01. The second-order valence-electron chi connectivity index (χ2n) is 4.45. The molecule has 14 heavy (non-hydrogen) atoms.